The predicted octanol–water partition coefficient (Wildman–Crippen LogP) is 2.07. The molecule has 0 saturated carbocycles. The summed E-state index contributed by atoms with van der Waals surface area (Å²) in [4.78, 5) is 0. The Bertz CT molecular complexity index is 504. The van der Waals surface area contributed by atoms with Crippen molar-refractivity contribution in [3.8, 4) is 0 Å². The first-order valence-corrected chi connectivity index (χ1v) is 7.54. The summed E-state index contributed by atoms with van der Waals surface area (Å²) in [5.74, 6) is 0. The highest BCUT2D eigenvalue weighted by molar-refractivity contribution is 7.93. The van der Waals surface area contributed by atoms with Crippen molar-refractivity contribution < 1.29 is 8.42 Å². The second-order valence-electron chi connectivity index (χ2n) is 5.49. The zero-order chi connectivity index (χ0) is 14.0. The normalized spacial score (nSPS) is 14.3. The fraction of sp³-hybridized carbons (Fsp3) is 0.538. The van der Waals surface area contributed by atoms with Crippen molar-refractivity contribution in [1.82, 2.24) is 0 Å². The second kappa shape index (κ2) is 5.28. The average Bonchev–Trinajstić information content (AvgIpc) is 2.26. The second-order valence-corrected chi connectivity index (χ2v) is 7.59. The number of hydrogen-bond donors (Lipinski definition) is 2. The molecule has 1 aromatic rings. The van der Waals surface area contributed by atoms with Crippen molar-refractivity contribution in [2.75, 3.05) is 11.3 Å². The minimum absolute atomic E-state index is 0.104. The molecule has 1 aromatic carbocycles. The van der Waals surface area contributed by atoms with Gasteiger partial charge in [-0.25, -0.2) is 8.42 Å². The molecular formula is C13H22N2O2S. The van der Waals surface area contributed by atoms with Crippen LogP contribution in [-0.2, 0) is 15.4 Å². The van der Waals surface area contributed by atoms with Gasteiger partial charge in [-0.1, -0.05) is 39.0 Å². The molecule has 0 amide bonds. The van der Waals surface area contributed by atoms with E-state index >= 15 is 0 Å². The average molecular weight is 270 g/mol. The van der Waals surface area contributed by atoms with E-state index in [1.165, 1.54) is 0 Å². The molecule has 0 fully saturated rings. The fourth-order valence-corrected chi connectivity index (χ4v) is 2.55. The van der Waals surface area contributed by atoms with Gasteiger partial charge in [0.25, 0.3) is 0 Å². The molecule has 0 aliphatic heterocycles. The summed E-state index contributed by atoms with van der Waals surface area (Å²) < 4.78 is 26.7. The van der Waals surface area contributed by atoms with Crippen molar-refractivity contribution in [2.24, 2.45) is 5.73 Å². The van der Waals surface area contributed by atoms with Crippen LogP contribution in [0.25, 0.3) is 0 Å². The molecule has 0 aromatic heterocycles. The van der Waals surface area contributed by atoms with Gasteiger partial charge in [-0.3, -0.25) is 4.72 Å². The molecule has 1 unspecified atom stereocenters. The zero-order valence-corrected chi connectivity index (χ0v) is 12.2. The molecule has 102 valence electrons. The van der Waals surface area contributed by atoms with E-state index in [0.29, 0.717) is 5.69 Å². The molecule has 1 atom stereocenters. The fourth-order valence-electron chi connectivity index (χ4n) is 1.61. The van der Waals surface area contributed by atoms with Crippen LogP contribution in [0.5, 0.6) is 0 Å². The van der Waals surface area contributed by atoms with E-state index in [9.17, 15) is 8.42 Å². The molecule has 0 aliphatic carbocycles. The third-order valence-corrected chi connectivity index (χ3v) is 4.61. The van der Waals surface area contributed by atoms with Gasteiger partial charge in [0, 0.05) is 6.54 Å². The Balaban J connectivity index is 3.14. The Morgan fingerprint density at radius 2 is 1.83 bits per heavy atom. The van der Waals surface area contributed by atoms with Gasteiger partial charge < -0.3 is 5.73 Å². The Morgan fingerprint density at radius 3 is 2.33 bits per heavy atom. The van der Waals surface area contributed by atoms with E-state index in [4.69, 9.17) is 5.73 Å². The number of benzene rings is 1. The summed E-state index contributed by atoms with van der Waals surface area (Å²) in [6, 6.07) is 7.44. The van der Waals surface area contributed by atoms with Gasteiger partial charge in [-0.15, -0.1) is 0 Å². The van der Waals surface area contributed by atoms with Gasteiger partial charge in [0.2, 0.25) is 10.0 Å². The monoisotopic (exact) mass is 270 g/mol. The van der Waals surface area contributed by atoms with E-state index in [1.807, 2.05) is 39.0 Å². The molecule has 0 bridgehead atoms. The molecule has 0 saturated heterocycles. The van der Waals surface area contributed by atoms with Gasteiger partial charge in [0.05, 0.1) is 10.9 Å². The zero-order valence-electron chi connectivity index (χ0n) is 11.4. The highest BCUT2D eigenvalue weighted by Gasteiger charge is 2.23. The lowest BCUT2D eigenvalue weighted by atomic mass is 9.86. The minimum Gasteiger partial charge on any atom is -0.329 e. The van der Waals surface area contributed by atoms with Gasteiger partial charge in [0.1, 0.15) is 0 Å². The van der Waals surface area contributed by atoms with Crippen LogP contribution in [0, 0.1) is 0 Å². The highest BCUT2D eigenvalue weighted by Crippen LogP contribution is 2.30. The molecule has 0 aliphatic rings. The van der Waals surface area contributed by atoms with Crippen LogP contribution in [0.4, 0.5) is 5.69 Å². The predicted molar refractivity (Wildman–Crippen MR) is 76.2 cm³/mol. The van der Waals surface area contributed by atoms with E-state index in [0.717, 1.165) is 5.56 Å². The van der Waals surface area contributed by atoms with Crippen molar-refractivity contribution >= 4 is 15.7 Å². The molecule has 3 N–H and O–H groups in total. The standard InChI is InChI=1S/C13H22N2O2S/c1-10(9-14)18(16,17)15-12-8-6-5-7-11(12)13(2,3)4/h5-8,10,15H,9,14H2,1-4H3. The third kappa shape index (κ3) is 3.46. The molecule has 4 nitrogen and oxygen atoms in total. The topological polar surface area (TPSA) is 72.2 Å². The number of nitrogens with one attached hydrogen (secondary N) is 1. The van der Waals surface area contributed by atoms with Gasteiger partial charge >= 0.3 is 0 Å². The lowest BCUT2D eigenvalue weighted by Crippen LogP contribution is -2.32. The number of nitrogens with two attached hydrogens (primary N) is 1. The Hall–Kier alpha value is -1.07. The molecule has 5 heteroatoms. The van der Waals surface area contributed by atoms with Crippen LogP contribution in [0.1, 0.15) is 33.3 Å². The molecule has 0 spiro atoms. The largest absolute Gasteiger partial charge is 0.329 e. The van der Waals surface area contributed by atoms with Crippen molar-refractivity contribution in [3.63, 3.8) is 0 Å². The Labute approximate surface area is 110 Å². The number of sulfonamides is 1. The molecular weight excluding hydrogens is 248 g/mol. The SMILES string of the molecule is CC(CN)S(=O)(=O)Nc1ccccc1C(C)(C)C. The summed E-state index contributed by atoms with van der Waals surface area (Å²) >= 11 is 0. The first-order valence-electron chi connectivity index (χ1n) is 5.99. The van der Waals surface area contributed by atoms with Crippen LogP contribution in [0.3, 0.4) is 0 Å². The molecule has 1 rings (SSSR count). The van der Waals surface area contributed by atoms with Crippen molar-refractivity contribution in [2.45, 2.75) is 38.4 Å². The van der Waals surface area contributed by atoms with Crippen LogP contribution < -0.4 is 10.5 Å². The van der Waals surface area contributed by atoms with E-state index in [2.05, 4.69) is 4.72 Å². The first kappa shape index (κ1) is 15.0. The third-order valence-electron chi connectivity index (χ3n) is 2.85. The maximum atomic E-state index is 12.0. The summed E-state index contributed by atoms with van der Waals surface area (Å²) in [7, 11) is -3.42. The van der Waals surface area contributed by atoms with Crippen LogP contribution in [0.2, 0.25) is 0 Å². The van der Waals surface area contributed by atoms with E-state index in [1.54, 1.807) is 13.0 Å². The first-order chi connectivity index (χ1) is 8.18. The molecule has 18 heavy (non-hydrogen) atoms. The maximum Gasteiger partial charge on any atom is 0.236 e. The smallest absolute Gasteiger partial charge is 0.236 e. The van der Waals surface area contributed by atoms with Gasteiger partial charge in [0.15, 0.2) is 0 Å². The number of anilines is 1. The summed E-state index contributed by atoms with van der Waals surface area (Å²) in [6.07, 6.45) is 0. The number of hydrogen-bond acceptors (Lipinski definition) is 3. The molecule has 0 heterocycles. The minimum atomic E-state index is -3.42. The Kier molecular flexibility index (Phi) is 4.40. The lowest BCUT2D eigenvalue weighted by Gasteiger charge is -2.24. The van der Waals surface area contributed by atoms with Crippen LogP contribution in [0.15, 0.2) is 24.3 Å². The lowest BCUT2D eigenvalue weighted by molar-refractivity contribution is 0.585. The van der Waals surface area contributed by atoms with Gasteiger partial charge in [-0.05, 0) is 24.0 Å². The van der Waals surface area contributed by atoms with Gasteiger partial charge in [-0.2, -0.15) is 0 Å². The van der Waals surface area contributed by atoms with Crippen LogP contribution in [-0.4, -0.2) is 20.2 Å². The summed E-state index contributed by atoms with van der Waals surface area (Å²) in [5, 5.41) is -0.606. The number of rotatable bonds is 4. The van der Waals surface area contributed by atoms with E-state index in [-0.39, 0.29) is 12.0 Å². The number of para-hydroxylation sites is 1. The van der Waals surface area contributed by atoms with E-state index < -0.39 is 15.3 Å². The van der Waals surface area contributed by atoms with Crippen molar-refractivity contribution in [3.05, 3.63) is 29.8 Å². The van der Waals surface area contributed by atoms with Crippen LogP contribution >= 0.6 is 0 Å². The summed E-state index contributed by atoms with van der Waals surface area (Å²) in [5.41, 5.74) is 6.90. The van der Waals surface area contributed by atoms with Crippen molar-refractivity contribution in [1.29, 1.82) is 0 Å². The maximum absolute atomic E-state index is 12.0. The summed E-state index contributed by atoms with van der Waals surface area (Å²) in [6.45, 7) is 7.85. The molecule has 0 radical (unpaired) electrons. The Morgan fingerprint density at radius 1 is 1.28 bits per heavy atom. The quantitative estimate of drug-likeness (QED) is 0.879. The highest BCUT2D eigenvalue weighted by atomic mass is 32.2.